The number of amides is 4. The molecule has 2 N–H and O–H groups in total. The molecule has 0 unspecified atom stereocenters. The van der Waals surface area contributed by atoms with Gasteiger partial charge in [-0.3, -0.25) is 19.1 Å². The Balaban J connectivity index is 1.15. The number of benzene rings is 2. The van der Waals surface area contributed by atoms with E-state index < -0.39 is 5.54 Å². The number of hydrogen-bond acceptors (Lipinski definition) is 4. The first-order valence-corrected chi connectivity index (χ1v) is 11.0. The number of hydrogen-bond donors (Lipinski definition) is 2. The molecule has 8 nitrogen and oxygen atoms in total. The van der Waals surface area contributed by atoms with E-state index in [9.17, 15) is 14.4 Å². The molecule has 8 heteroatoms. The Morgan fingerprint density at radius 2 is 1.81 bits per heavy atom. The first-order valence-electron chi connectivity index (χ1n) is 11.0. The van der Waals surface area contributed by atoms with Crippen LogP contribution in [0.1, 0.15) is 38.5 Å². The molecular formula is C24H25N5O3. The van der Waals surface area contributed by atoms with E-state index in [1.807, 2.05) is 53.1 Å². The van der Waals surface area contributed by atoms with Gasteiger partial charge in [-0.25, -0.2) is 9.78 Å². The highest BCUT2D eigenvalue weighted by Crippen LogP contribution is 2.35. The van der Waals surface area contributed by atoms with Crippen LogP contribution < -0.4 is 10.6 Å². The molecule has 1 aliphatic carbocycles. The van der Waals surface area contributed by atoms with E-state index >= 15 is 0 Å². The summed E-state index contributed by atoms with van der Waals surface area (Å²) >= 11 is 0. The summed E-state index contributed by atoms with van der Waals surface area (Å²) < 4.78 is 2.00. The van der Waals surface area contributed by atoms with Crippen LogP contribution in [0.15, 0.2) is 54.9 Å². The normalized spacial score (nSPS) is 17.3. The van der Waals surface area contributed by atoms with E-state index in [1.165, 1.54) is 4.90 Å². The van der Waals surface area contributed by atoms with Crippen LogP contribution in [0, 0.1) is 0 Å². The number of rotatable bonds is 6. The van der Waals surface area contributed by atoms with E-state index in [-0.39, 0.29) is 30.8 Å². The van der Waals surface area contributed by atoms with Crippen molar-refractivity contribution < 1.29 is 14.4 Å². The third-order valence-electron chi connectivity index (χ3n) is 6.37. The second kappa shape index (κ2) is 8.11. The van der Waals surface area contributed by atoms with Crippen molar-refractivity contribution in [1.29, 1.82) is 0 Å². The summed E-state index contributed by atoms with van der Waals surface area (Å²) in [4.78, 5) is 42.9. The summed E-state index contributed by atoms with van der Waals surface area (Å²) in [7, 11) is 0. The van der Waals surface area contributed by atoms with E-state index in [1.54, 1.807) is 6.33 Å². The third kappa shape index (κ3) is 3.62. The van der Waals surface area contributed by atoms with Gasteiger partial charge in [0, 0.05) is 24.3 Å². The zero-order valence-corrected chi connectivity index (χ0v) is 17.7. The minimum atomic E-state index is -0.693. The Kier molecular flexibility index (Phi) is 5.13. The Hall–Kier alpha value is -3.68. The Morgan fingerprint density at radius 3 is 2.59 bits per heavy atom. The van der Waals surface area contributed by atoms with Gasteiger partial charge in [-0.15, -0.1) is 0 Å². The minimum absolute atomic E-state index is 0.136. The van der Waals surface area contributed by atoms with Gasteiger partial charge in [0.1, 0.15) is 11.9 Å². The number of imidazole rings is 1. The van der Waals surface area contributed by atoms with Crippen molar-refractivity contribution >= 4 is 34.6 Å². The second-order valence-corrected chi connectivity index (χ2v) is 8.48. The fraction of sp³-hybridized carbons (Fsp3) is 0.333. The molecular weight excluding hydrogens is 406 g/mol. The van der Waals surface area contributed by atoms with Gasteiger partial charge < -0.3 is 10.6 Å². The first kappa shape index (κ1) is 20.2. The maximum absolute atomic E-state index is 12.7. The van der Waals surface area contributed by atoms with Gasteiger partial charge in [-0.2, -0.15) is 0 Å². The van der Waals surface area contributed by atoms with Gasteiger partial charge in [-0.05, 0) is 55.7 Å². The smallest absolute Gasteiger partial charge is 0.325 e. The van der Waals surface area contributed by atoms with Crippen LogP contribution in [-0.4, -0.2) is 44.4 Å². The predicted octanol–water partition coefficient (Wildman–Crippen LogP) is 3.61. The average Bonchev–Trinajstić information content (AvgIpc) is 3.49. The molecule has 2 aromatic carbocycles. The number of fused-ring (bicyclic) bond motifs is 1. The van der Waals surface area contributed by atoms with Gasteiger partial charge in [0.05, 0.1) is 11.0 Å². The molecule has 2 fully saturated rings. The maximum Gasteiger partial charge on any atom is 0.325 e. The summed E-state index contributed by atoms with van der Waals surface area (Å²) in [5.74, 6) is -0.281. The molecule has 0 radical (unpaired) electrons. The van der Waals surface area contributed by atoms with Crippen LogP contribution in [0.5, 0.6) is 0 Å². The highest BCUT2D eigenvalue weighted by atomic mass is 16.2. The Labute approximate surface area is 185 Å². The fourth-order valence-electron chi connectivity index (χ4n) is 4.69. The van der Waals surface area contributed by atoms with E-state index in [0.29, 0.717) is 24.9 Å². The monoisotopic (exact) mass is 431 g/mol. The lowest BCUT2D eigenvalue weighted by Crippen LogP contribution is -2.44. The van der Waals surface area contributed by atoms with E-state index in [0.717, 1.165) is 29.6 Å². The average molecular weight is 431 g/mol. The van der Waals surface area contributed by atoms with Crippen molar-refractivity contribution in [3.05, 3.63) is 54.9 Å². The maximum atomic E-state index is 12.7. The number of nitrogens with one attached hydrogen (secondary N) is 2. The number of carbonyl (C=O) groups excluding carboxylic acids is 3. The van der Waals surface area contributed by atoms with Crippen LogP contribution in [0.4, 0.5) is 10.5 Å². The van der Waals surface area contributed by atoms with Gasteiger partial charge in [-0.1, -0.05) is 25.0 Å². The molecule has 164 valence electrons. The highest BCUT2D eigenvalue weighted by molar-refractivity contribution is 6.07. The lowest BCUT2D eigenvalue weighted by Gasteiger charge is -2.19. The van der Waals surface area contributed by atoms with Crippen LogP contribution in [0.2, 0.25) is 0 Å². The first-order chi connectivity index (χ1) is 15.6. The molecule has 2 aliphatic rings. The number of para-hydroxylation sites is 2. The molecule has 2 heterocycles. The molecule has 0 bridgehead atoms. The zero-order chi connectivity index (χ0) is 22.1. The summed E-state index contributed by atoms with van der Waals surface area (Å²) in [5, 5.41) is 5.75. The number of imide groups is 1. The SMILES string of the molecule is O=C(CCCN1C(=O)NC2(CCCC2)C1=O)Nc1ccc(-n2cnc3ccccc32)cc1. The fourth-order valence-corrected chi connectivity index (χ4v) is 4.69. The number of anilines is 1. The largest absolute Gasteiger partial charge is 0.326 e. The van der Waals surface area contributed by atoms with Gasteiger partial charge in [0.2, 0.25) is 5.91 Å². The van der Waals surface area contributed by atoms with Gasteiger partial charge >= 0.3 is 6.03 Å². The number of aromatic nitrogens is 2. The van der Waals surface area contributed by atoms with Crippen LogP contribution in [0.25, 0.3) is 16.7 Å². The molecule has 4 amide bonds. The van der Waals surface area contributed by atoms with E-state index in [4.69, 9.17) is 0 Å². The second-order valence-electron chi connectivity index (χ2n) is 8.48. The third-order valence-corrected chi connectivity index (χ3v) is 6.37. The lowest BCUT2D eigenvalue weighted by atomic mass is 9.98. The summed E-state index contributed by atoms with van der Waals surface area (Å²) in [6.45, 7) is 0.256. The molecule has 3 aromatic rings. The van der Waals surface area contributed by atoms with Crippen molar-refractivity contribution in [2.45, 2.75) is 44.1 Å². The molecule has 1 aliphatic heterocycles. The molecule has 32 heavy (non-hydrogen) atoms. The number of urea groups is 1. The van der Waals surface area contributed by atoms with E-state index in [2.05, 4.69) is 15.6 Å². The summed E-state index contributed by atoms with van der Waals surface area (Å²) in [6.07, 6.45) is 5.77. The summed E-state index contributed by atoms with van der Waals surface area (Å²) in [6, 6.07) is 15.1. The van der Waals surface area contributed by atoms with Crippen molar-refractivity contribution in [1.82, 2.24) is 19.8 Å². The van der Waals surface area contributed by atoms with Gasteiger partial charge in [0.15, 0.2) is 0 Å². The molecule has 5 rings (SSSR count). The number of nitrogens with zero attached hydrogens (tertiary/aromatic N) is 3. The van der Waals surface area contributed by atoms with Gasteiger partial charge in [0.25, 0.3) is 5.91 Å². The molecule has 1 saturated heterocycles. The standard InChI is InChI=1S/C24H25N5O3/c30-21(8-5-15-28-22(31)24(27-23(28)32)13-3-4-14-24)26-17-9-11-18(12-10-17)29-16-25-19-6-1-2-7-20(19)29/h1-2,6-7,9-12,16H,3-5,8,13-15H2,(H,26,30)(H,27,32). The molecule has 1 saturated carbocycles. The zero-order valence-electron chi connectivity index (χ0n) is 17.7. The summed E-state index contributed by atoms with van der Waals surface area (Å²) in [5.41, 5.74) is 2.90. The predicted molar refractivity (Wildman–Crippen MR) is 120 cm³/mol. The lowest BCUT2D eigenvalue weighted by molar-refractivity contribution is -0.131. The van der Waals surface area contributed by atoms with Crippen molar-refractivity contribution in [3.63, 3.8) is 0 Å². The van der Waals surface area contributed by atoms with Crippen LogP contribution >= 0.6 is 0 Å². The minimum Gasteiger partial charge on any atom is -0.326 e. The van der Waals surface area contributed by atoms with Crippen LogP contribution in [-0.2, 0) is 9.59 Å². The Morgan fingerprint density at radius 1 is 1.06 bits per heavy atom. The molecule has 1 spiro atoms. The quantitative estimate of drug-likeness (QED) is 0.583. The van der Waals surface area contributed by atoms with Crippen molar-refractivity contribution in [3.8, 4) is 5.69 Å². The highest BCUT2D eigenvalue weighted by Gasteiger charge is 2.52. The molecule has 0 atom stereocenters. The number of carbonyl (C=O) groups is 3. The molecule has 1 aromatic heterocycles. The van der Waals surface area contributed by atoms with Crippen molar-refractivity contribution in [2.75, 3.05) is 11.9 Å². The Bertz CT molecular complexity index is 1180. The van der Waals surface area contributed by atoms with Crippen LogP contribution in [0.3, 0.4) is 0 Å². The topological polar surface area (TPSA) is 96.3 Å². The van der Waals surface area contributed by atoms with Crippen molar-refractivity contribution in [2.24, 2.45) is 0 Å².